The van der Waals surface area contributed by atoms with E-state index in [1.54, 1.807) is 0 Å². The Kier molecular flexibility index (Phi) is 4.91. The van der Waals surface area contributed by atoms with Gasteiger partial charge in [0.1, 0.15) is 6.61 Å². The van der Waals surface area contributed by atoms with Crippen molar-refractivity contribution in [2.75, 3.05) is 0 Å². The zero-order valence-electron chi connectivity index (χ0n) is 14.2. The summed E-state index contributed by atoms with van der Waals surface area (Å²) in [6.45, 7) is -0.484. The molecule has 0 bridgehead atoms. The monoisotopic (exact) mass is 419 g/mol. The third kappa shape index (κ3) is 3.36. The van der Waals surface area contributed by atoms with E-state index < -0.39 is 41.9 Å². The topological polar surface area (TPSA) is 66.8 Å². The second-order valence-electron chi connectivity index (χ2n) is 6.13. The van der Waals surface area contributed by atoms with Crippen LogP contribution in [0.3, 0.4) is 0 Å². The number of hydrogen-bond acceptors (Lipinski definition) is 4. The largest absolute Gasteiger partial charge is 0.430 e. The molecule has 3 rings (SSSR count). The Morgan fingerprint density at radius 3 is 1.66 bits per heavy atom. The summed E-state index contributed by atoms with van der Waals surface area (Å²) in [6, 6.07) is 8.49. The summed E-state index contributed by atoms with van der Waals surface area (Å²) >= 11 is 0. The molecule has 1 aliphatic rings. The van der Waals surface area contributed by atoms with E-state index in [4.69, 9.17) is 4.84 Å². The van der Waals surface area contributed by atoms with Gasteiger partial charge in [0.15, 0.2) is 0 Å². The number of rotatable bonds is 4. The Hall–Kier alpha value is -2.92. The van der Waals surface area contributed by atoms with Crippen molar-refractivity contribution in [3.05, 3.63) is 70.8 Å². The van der Waals surface area contributed by atoms with Gasteiger partial charge in [-0.25, -0.2) is 0 Å². The molecule has 0 saturated carbocycles. The van der Waals surface area contributed by atoms with Crippen LogP contribution in [0.1, 0.15) is 31.8 Å². The molecule has 0 saturated heterocycles. The number of carbonyl (C=O) groups excluding carboxylic acids is 2. The number of hydrogen-bond donors (Lipinski definition) is 1. The molecule has 1 N–H and O–H groups in total. The number of alkyl halides is 6. The van der Waals surface area contributed by atoms with Gasteiger partial charge < -0.3 is 5.11 Å². The summed E-state index contributed by atoms with van der Waals surface area (Å²) in [4.78, 5) is 29.3. The van der Waals surface area contributed by atoms with Crippen molar-refractivity contribution in [2.45, 2.75) is 24.6 Å². The van der Waals surface area contributed by atoms with E-state index in [2.05, 4.69) is 0 Å². The van der Waals surface area contributed by atoms with E-state index in [1.165, 1.54) is 24.3 Å². The molecule has 154 valence electrons. The number of carbonyl (C=O) groups is 2. The molecule has 0 unspecified atom stereocenters. The SMILES string of the molecule is O=C1c2ccccc2C(=O)N1OCc1ccc(C(O)(C(F)(F)F)C(F)(F)F)cc1. The molecule has 0 aliphatic carbocycles. The van der Waals surface area contributed by atoms with E-state index in [1.807, 2.05) is 0 Å². The minimum atomic E-state index is -6.00. The van der Waals surface area contributed by atoms with Crippen molar-refractivity contribution in [1.82, 2.24) is 5.06 Å². The van der Waals surface area contributed by atoms with Crippen LogP contribution in [0.2, 0.25) is 0 Å². The predicted octanol–water partition coefficient (Wildman–Crippen LogP) is 3.73. The van der Waals surface area contributed by atoms with Crippen LogP contribution in [0.25, 0.3) is 0 Å². The third-order valence-corrected chi connectivity index (χ3v) is 4.31. The normalized spacial score (nSPS) is 15.1. The van der Waals surface area contributed by atoms with Crippen LogP contribution in [0.15, 0.2) is 48.5 Å². The highest BCUT2D eigenvalue weighted by Gasteiger charge is 2.71. The molecule has 1 aliphatic heterocycles. The van der Waals surface area contributed by atoms with E-state index in [9.17, 15) is 41.0 Å². The van der Waals surface area contributed by atoms with Gasteiger partial charge in [0.2, 0.25) is 0 Å². The van der Waals surface area contributed by atoms with Crippen LogP contribution < -0.4 is 0 Å². The Labute approximate surface area is 159 Å². The molecule has 2 aromatic rings. The fourth-order valence-corrected chi connectivity index (χ4v) is 2.75. The van der Waals surface area contributed by atoms with Crippen molar-refractivity contribution in [1.29, 1.82) is 0 Å². The number of imide groups is 1. The number of aliphatic hydroxyl groups is 1. The highest BCUT2D eigenvalue weighted by Crippen LogP contribution is 2.49. The molecule has 0 radical (unpaired) electrons. The van der Waals surface area contributed by atoms with E-state index in [0.717, 1.165) is 12.1 Å². The molecule has 11 heteroatoms. The maximum Gasteiger partial charge on any atom is 0.430 e. The van der Waals surface area contributed by atoms with Gasteiger partial charge in [-0.15, -0.1) is 5.06 Å². The second kappa shape index (κ2) is 6.85. The van der Waals surface area contributed by atoms with Gasteiger partial charge in [-0.2, -0.15) is 26.3 Å². The van der Waals surface area contributed by atoms with Crippen molar-refractivity contribution in [2.24, 2.45) is 0 Å². The van der Waals surface area contributed by atoms with Crippen molar-refractivity contribution in [3.63, 3.8) is 0 Å². The first-order valence-electron chi connectivity index (χ1n) is 7.94. The summed E-state index contributed by atoms with van der Waals surface area (Å²) in [6.07, 6.45) is -12.0. The van der Waals surface area contributed by atoms with E-state index in [-0.39, 0.29) is 16.7 Å². The number of fused-ring (bicyclic) bond motifs is 1. The summed E-state index contributed by atoms with van der Waals surface area (Å²) in [5.74, 6) is -1.49. The lowest BCUT2D eigenvalue weighted by atomic mass is 9.91. The number of amides is 2. The van der Waals surface area contributed by atoms with Gasteiger partial charge >= 0.3 is 12.4 Å². The lowest BCUT2D eigenvalue weighted by Gasteiger charge is -2.32. The Morgan fingerprint density at radius 1 is 0.793 bits per heavy atom. The van der Waals surface area contributed by atoms with Gasteiger partial charge in [-0.05, 0) is 17.7 Å². The molecular weight excluding hydrogens is 408 g/mol. The van der Waals surface area contributed by atoms with E-state index in [0.29, 0.717) is 17.2 Å². The van der Waals surface area contributed by atoms with Gasteiger partial charge in [0, 0.05) is 5.56 Å². The lowest BCUT2D eigenvalue weighted by Crippen LogP contribution is -2.53. The first-order valence-corrected chi connectivity index (χ1v) is 7.94. The molecule has 0 atom stereocenters. The highest BCUT2D eigenvalue weighted by atomic mass is 19.4. The second-order valence-corrected chi connectivity index (χ2v) is 6.13. The van der Waals surface area contributed by atoms with Crippen LogP contribution in [0.5, 0.6) is 0 Å². The van der Waals surface area contributed by atoms with Crippen molar-refractivity contribution >= 4 is 11.8 Å². The molecule has 0 aromatic heterocycles. The summed E-state index contributed by atoms with van der Waals surface area (Å²) in [5, 5.41) is 9.80. The standard InChI is InChI=1S/C18H11F6NO4/c19-17(20,21)16(28,18(22,23)24)11-7-5-10(6-8-11)9-29-25-14(26)12-3-1-2-4-13(12)15(25)27/h1-8,28H,9H2. The van der Waals surface area contributed by atoms with Crippen LogP contribution in [-0.2, 0) is 17.0 Å². The van der Waals surface area contributed by atoms with Gasteiger partial charge in [-0.1, -0.05) is 36.4 Å². The summed E-state index contributed by atoms with van der Waals surface area (Å²) in [5.41, 5.74) is -6.19. The van der Waals surface area contributed by atoms with E-state index >= 15 is 0 Å². The summed E-state index contributed by atoms with van der Waals surface area (Å²) in [7, 11) is 0. The maximum atomic E-state index is 12.9. The van der Waals surface area contributed by atoms with Crippen molar-refractivity contribution < 1.29 is 45.9 Å². The fraction of sp³-hybridized carbons (Fsp3) is 0.222. The molecule has 2 aromatic carbocycles. The minimum absolute atomic E-state index is 0.0667. The molecule has 1 heterocycles. The molecule has 29 heavy (non-hydrogen) atoms. The van der Waals surface area contributed by atoms with Crippen LogP contribution in [0.4, 0.5) is 26.3 Å². The quantitative estimate of drug-likeness (QED) is 0.606. The molecular formula is C18H11F6NO4. The first kappa shape index (κ1) is 20.8. The molecule has 0 fully saturated rings. The third-order valence-electron chi connectivity index (χ3n) is 4.31. The lowest BCUT2D eigenvalue weighted by molar-refractivity contribution is -0.376. The van der Waals surface area contributed by atoms with Gasteiger partial charge in [0.05, 0.1) is 11.1 Å². The van der Waals surface area contributed by atoms with Gasteiger partial charge in [0.25, 0.3) is 17.4 Å². The van der Waals surface area contributed by atoms with Crippen LogP contribution in [-0.4, -0.2) is 34.3 Å². The first-order chi connectivity index (χ1) is 13.4. The Bertz CT molecular complexity index is 903. The fourth-order valence-electron chi connectivity index (χ4n) is 2.75. The highest BCUT2D eigenvalue weighted by molar-refractivity contribution is 6.20. The minimum Gasteiger partial charge on any atom is -0.369 e. The number of halogens is 6. The number of benzene rings is 2. The average Bonchev–Trinajstić information content (AvgIpc) is 2.89. The van der Waals surface area contributed by atoms with Crippen molar-refractivity contribution in [3.8, 4) is 0 Å². The predicted molar refractivity (Wildman–Crippen MR) is 84.2 cm³/mol. The zero-order chi connectivity index (χ0) is 21.6. The smallest absolute Gasteiger partial charge is 0.369 e. The number of nitrogens with zero attached hydrogens (tertiary/aromatic N) is 1. The molecule has 5 nitrogen and oxygen atoms in total. The summed E-state index contributed by atoms with van der Waals surface area (Å²) < 4.78 is 77.3. The molecule has 2 amide bonds. The van der Waals surface area contributed by atoms with Crippen LogP contribution in [0, 0.1) is 0 Å². The Morgan fingerprint density at radius 2 is 1.24 bits per heavy atom. The van der Waals surface area contributed by atoms with Crippen LogP contribution >= 0.6 is 0 Å². The molecule has 0 spiro atoms. The average molecular weight is 419 g/mol. The number of hydroxylamine groups is 2. The van der Waals surface area contributed by atoms with Gasteiger partial charge in [-0.3, -0.25) is 14.4 Å². The maximum absolute atomic E-state index is 12.9. The Balaban J connectivity index is 1.77. The zero-order valence-corrected chi connectivity index (χ0v) is 14.2.